The van der Waals surface area contributed by atoms with Gasteiger partial charge in [-0.05, 0) is 43.0 Å². The van der Waals surface area contributed by atoms with E-state index in [4.69, 9.17) is 4.74 Å². The predicted molar refractivity (Wildman–Crippen MR) is 99.5 cm³/mol. The Labute approximate surface area is 152 Å². The number of anilines is 2. The van der Waals surface area contributed by atoms with Crippen molar-refractivity contribution >= 4 is 23.3 Å². The minimum atomic E-state index is -0.191. The number of fused-ring (bicyclic) bond motifs is 1. The Bertz CT molecular complexity index is 822. The second-order valence-corrected chi connectivity index (χ2v) is 6.66. The van der Waals surface area contributed by atoms with E-state index in [1.165, 1.54) is 5.56 Å². The summed E-state index contributed by atoms with van der Waals surface area (Å²) in [4.78, 5) is 26.1. The van der Waals surface area contributed by atoms with E-state index in [0.717, 1.165) is 25.8 Å². The number of likely N-dealkylation sites (tertiary alicyclic amines) is 1. The first-order valence-electron chi connectivity index (χ1n) is 8.87. The molecule has 2 N–H and O–H groups in total. The van der Waals surface area contributed by atoms with Crippen LogP contribution in [0.2, 0.25) is 0 Å². The fourth-order valence-corrected chi connectivity index (χ4v) is 3.56. The third-order valence-corrected chi connectivity index (χ3v) is 4.82. The van der Waals surface area contributed by atoms with E-state index in [2.05, 4.69) is 22.8 Å². The van der Waals surface area contributed by atoms with Gasteiger partial charge in [0.1, 0.15) is 5.75 Å². The summed E-state index contributed by atoms with van der Waals surface area (Å²) in [7, 11) is 0. The number of nitrogens with one attached hydrogen (secondary N) is 2. The molecule has 1 atom stereocenters. The molecule has 2 aromatic rings. The Morgan fingerprint density at radius 1 is 1.23 bits per heavy atom. The SMILES string of the molecule is O=C1COc2ccc(NC(=O)N3CCCC3Cc3ccccc3)cc2N1. The summed E-state index contributed by atoms with van der Waals surface area (Å²) in [5.41, 5.74) is 2.47. The highest BCUT2D eigenvalue weighted by Gasteiger charge is 2.29. The van der Waals surface area contributed by atoms with Crippen LogP contribution in [0.4, 0.5) is 16.2 Å². The molecule has 6 heteroatoms. The van der Waals surface area contributed by atoms with Crippen LogP contribution in [0, 0.1) is 0 Å². The van der Waals surface area contributed by atoms with Gasteiger partial charge in [-0.15, -0.1) is 0 Å². The zero-order valence-corrected chi connectivity index (χ0v) is 14.4. The number of hydrogen-bond donors (Lipinski definition) is 2. The highest BCUT2D eigenvalue weighted by atomic mass is 16.5. The molecule has 2 aromatic carbocycles. The zero-order valence-electron chi connectivity index (χ0n) is 14.4. The second kappa shape index (κ2) is 7.07. The van der Waals surface area contributed by atoms with Crippen molar-refractivity contribution < 1.29 is 14.3 Å². The van der Waals surface area contributed by atoms with Gasteiger partial charge in [0.15, 0.2) is 6.61 Å². The van der Waals surface area contributed by atoms with E-state index in [1.54, 1.807) is 18.2 Å². The lowest BCUT2D eigenvalue weighted by Crippen LogP contribution is -2.39. The lowest BCUT2D eigenvalue weighted by molar-refractivity contribution is -0.118. The van der Waals surface area contributed by atoms with Crippen molar-refractivity contribution in [3.05, 3.63) is 54.1 Å². The summed E-state index contributed by atoms with van der Waals surface area (Å²) in [6.07, 6.45) is 2.89. The molecular formula is C20H21N3O3. The lowest BCUT2D eigenvalue weighted by atomic mass is 10.0. The molecule has 0 radical (unpaired) electrons. The fraction of sp³-hybridized carbons (Fsp3) is 0.300. The van der Waals surface area contributed by atoms with Gasteiger partial charge in [-0.2, -0.15) is 0 Å². The molecule has 2 aliphatic heterocycles. The minimum absolute atomic E-state index is 0.0215. The van der Waals surface area contributed by atoms with Gasteiger partial charge in [-0.3, -0.25) is 4.79 Å². The number of carbonyl (C=O) groups is 2. The number of hydrogen-bond acceptors (Lipinski definition) is 3. The van der Waals surface area contributed by atoms with Gasteiger partial charge in [0.2, 0.25) is 0 Å². The third kappa shape index (κ3) is 3.49. The molecule has 3 amide bonds. The van der Waals surface area contributed by atoms with Crippen molar-refractivity contribution in [3.8, 4) is 5.75 Å². The first-order valence-corrected chi connectivity index (χ1v) is 8.87. The van der Waals surface area contributed by atoms with E-state index in [0.29, 0.717) is 17.1 Å². The monoisotopic (exact) mass is 351 g/mol. The quantitative estimate of drug-likeness (QED) is 0.892. The molecule has 0 aromatic heterocycles. The van der Waals surface area contributed by atoms with Gasteiger partial charge in [0.25, 0.3) is 5.91 Å². The highest BCUT2D eigenvalue weighted by Crippen LogP contribution is 2.31. The zero-order chi connectivity index (χ0) is 17.9. The molecule has 6 nitrogen and oxygen atoms in total. The van der Waals surface area contributed by atoms with Crippen LogP contribution in [0.1, 0.15) is 18.4 Å². The number of carbonyl (C=O) groups excluding carboxylic acids is 2. The van der Waals surface area contributed by atoms with Crippen LogP contribution in [-0.4, -0.2) is 36.0 Å². The van der Waals surface area contributed by atoms with Gasteiger partial charge < -0.3 is 20.3 Å². The number of amides is 3. The van der Waals surface area contributed by atoms with Crippen molar-refractivity contribution in [1.82, 2.24) is 4.90 Å². The summed E-state index contributed by atoms with van der Waals surface area (Å²) >= 11 is 0. The average molecular weight is 351 g/mol. The van der Waals surface area contributed by atoms with Crippen molar-refractivity contribution in [1.29, 1.82) is 0 Å². The Morgan fingerprint density at radius 3 is 2.92 bits per heavy atom. The molecule has 0 bridgehead atoms. The van der Waals surface area contributed by atoms with E-state index < -0.39 is 0 Å². The average Bonchev–Trinajstić information content (AvgIpc) is 3.10. The first-order chi connectivity index (χ1) is 12.7. The van der Waals surface area contributed by atoms with Crippen LogP contribution in [0.25, 0.3) is 0 Å². The van der Waals surface area contributed by atoms with Gasteiger partial charge in [-0.1, -0.05) is 30.3 Å². The summed E-state index contributed by atoms with van der Waals surface area (Å²) in [5.74, 6) is 0.425. The van der Waals surface area contributed by atoms with E-state index >= 15 is 0 Å². The third-order valence-electron chi connectivity index (χ3n) is 4.82. The Morgan fingerprint density at radius 2 is 2.08 bits per heavy atom. The number of benzene rings is 2. The maximum Gasteiger partial charge on any atom is 0.322 e. The van der Waals surface area contributed by atoms with Gasteiger partial charge in [-0.25, -0.2) is 4.79 Å². The largest absolute Gasteiger partial charge is 0.482 e. The van der Waals surface area contributed by atoms with Crippen LogP contribution < -0.4 is 15.4 Å². The lowest BCUT2D eigenvalue weighted by Gasteiger charge is -2.25. The second-order valence-electron chi connectivity index (χ2n) is 6.66. The number of nitrogens with zero attached hydrogens (tertiary/aromatic N) is 1. The van der Waals surface area contributed by atoms with Crippen molar-refractivity contribution in [2.45, 2.75) is 25.3 Å². The van der Waals surface area contributed by atoms with Crippen molar-refractivity contribution in [3.63, 3.8) is 0 Å². The molecule has 0 spiro atoms. The van der Waals surface area contributed by atoms with E-state index in [9.17, 15) is 9.59 Å². The molecule has 2 aliphatic rings. The fourth-order valence-electron chi connectivity index (χ4n) is 3.56. The van der Waals surface area contributed by atoms with Crippen LogP contribution in [-0.2, 0) is 11.2 Å². The summed E-state index contributed by atoms with van der Waals surface area (Å²) in [5, 5.41) is 5.70. The van der Waals surface area contributed by atoms with Gasteiger partial charge in [0.05, 0.1) is 5.69 Å². The molecule has 26 heavy (non-hydrogen) atoms. The normalized spacial score (nSPS) is 18.7. The summed E-state index contributed by atoms with van der Waals surface area (Å²) < 4.78 is 5.34. The Balaban J connectivity index is 1.44. The van der Waals surface area contributed by atoms with Gasteiger partial charge >= 0.3 is 6.03 Å². The van der Waals surface area contributed by atoms with Crippen LogP contribution in [0.3, 0.4) is 0 Å². The molecule has 2 heterocycles. The van der Waals surface area contributed by atoms with Crippen molar-refractivity contribution in [2.75, 3.05) is 23.8 Å². The first kappa shape index (κ1) is 16.4. The maximum absolute atomic E-state index is 12.7. The highest BCUT2D eigenvalue weighted by molar-refractivity contribution is 5.97. The number of rotatable bonds is 3. The standard InChI is InChI=1S/C20H21N3O3/c24-19-13-26-18-9-8-15(12-17(18)22-19)21-20(25)23-10-4-7-16(23)11-14-5-2-1-3-6-14/h1-3,5-6,8-9,12,16H,4,7,10-11,13H2,(H,21,25)(H,22,24). The molecule has 134 valence electrons. The van der Waals surface area contributed by atoms with Gasteiger partial charge in [0, 0.05) is 18.3 Å². The van der Waals surface area contributed by atoms with Crippen LogP contribution in [0.15, 0.2) is 48.5 Å². The molecule has 0 saturated carbocycles. The van der Waals surface area contributed by atoms with Crippen molar-refractivity contribution in [2.24, 2.45) is 0 Å². The number of urea groups is 1. The maximum atomic E-state index is 12.7. The van der Waals surface area contributed by atoms with Crippen LogP contribution >= 0.6 is 0 Å². The number of ether oxygens (including phenoxy) is 1. The summed E-state index contributed by atoms with van der Waals surface area (Å²) in [6, 6.07) is 15.6. The Kier molecular flexibility index (Phi) is 4.48. The molecule has 1 unspecified atom stereocenters. The molecule has 0 aliphatic carbocycles. The molecule has 1 fully saturated rings. The minimum Gasteiger partial charge on any atom is -0.482 e. The van der Waals surface area contributed by atoms with E-state index in [1.807, 2.05) is 23.1 Å². The topological polar surface area (TPSA) is 70.7 Å². The molecule has 1 saturated heterocycles. The molecular weight excluding hydrogens is 330 g/mol. The smallest absolute Gasteiger partial charge is 0.322 e. The molecule has 4 rings (SSSR count). The van der Waals surface area contributed by atoms with Crippen LogP contribution in [0.5, 0.6) is 5.75 Å². The predicted octanol–water partition coefficient (Wildman–Crippen LogP) is 3.26. The summed E-state index contributed by atoms with van der Waals surface area (Å²) in [6.45, 7) is 0.780. The Hall–Kier alpha value is -3.02. The van der Waals surface area contributed by atoms with E-state index in [-0.39, 0.29) is 24.6 Å².